The van der Waals surface area contributed by atoms with Gasteiger partial charge in [0.15, 0.2) is 0 Å². The zero-order chi connectivity index (χ0) is 13.7. The van der Waals surface area contributed by atoms with Crippen LogP contribution in [-0.2, 0) is 0 Å². The number of amides is 1. The van der Waals surface area contributed by atoms with Gasteiger partial charge in [0.1, 0.15) is 0 Å². The quantitative estimate of drug-likeness (QED) is 0.738. The van der Waals surface area contributed by atoms with Crippen molar-refractivity contribution in [1.29, 1.82) is 0 Å². The third-order valence-corrected chi connectivity index (χ3v) is 4.18. The van der Waals surface area contributed by atoms with E-state index in [1.54, 1.807) is 6.20 Å². The van der Waals surface area contributed by atoms with Crippen molar-refractivity contribution in [2.45, 2.75) is 50.5 Å². The topological polar surface area (TPSA) is 83.8 Å². The molecule has 0 aromatic carbocycles. The number of H-pyrrole nitrogens is 1. The highest BCUT2D eigenvalue weighted by atomic mass is 32.1. The van der Waals surface area contributed by atoms with E-state index in [0.717, 1.165) is 25.7 Å². The maximum atomic E-state index is 12.2. The predicted molar refractivity (Wildman–Crippen MR) is 77.9 cm³/mol. The molecule has 104 valence electrons. The molecule has 1 aromatic heterocycles. The van der Waals surface area contributed by atoms with E-state index in [1.807, 2.05) is 0 Å². The maximum absolute atomic E-state index is 12.2. The van der Waals surface area contributed by atoms with E-state index < -0.39 is 5.54 Å². The molecule has 1 saturated carbocycles. The minimum Gasteiger partial charge on any atom is -0.391 e. The summed E-state index contributed by atoms with van der Waals surface area (Å²) in [5, 5.41) is 9.46. The lowest BCUT2D eigenvalue weighted by Gasteiger charge is -2.35. The summed E-state index contributed by atoms with van der Waals surface area (Å²) in [4.78, 5) is 12.6. The molecule has 0 atom stereocenters. The molecule has 1 heterocycles. The SMILES string of the molecule is NC(=S)C1(NC(=O)c2cn[nH]c2)CCCCCCC1. The van der Waals surface area contributed by atoms with Gasteiger partial charge in [0.05, 0.1) is 22.3 Å². The van der Waals surface area contributed by atoms with Crippen LogP contribution in [0.3, 0.4) is 0 Å². The van der Waals surface area contributed by atoms with Crippen LogP contribution < -0.4 is 11.1 Å². The van der Waals surface area contributed by atoms with E-state index in [0.29, 0.717) is 10.6 Å². The van der Waals surface area contributed by atoms with Gasteiger partial charge in [-0.15, -0.1) is 0 Å². The molecule has 0 bridgehead atoms. The van der Waals surface area contributed by atoms with Crippen molar-refractivity contribution >= 4 is 23.1 Å². The van der Waals surface area contributed by atoms with Crippen LogP contribution in [0.5, 0.6) is 0 Å². The predicted octanol–water partition coefficient (Wildman–Crippen LogP) is 1.91. The van der Waals surface area contributed by atoms with Crippen LogP contribution in [-0.4, -0.2) is 26.6 Å². The third-order valence-electron chi connectivity index (χ3n) is 3.79. The van der Waals surface area contributed by atoms with Gasteiger partial charge in [-0.25, -0.2) is 0 Å². The molecule has 0 aliphatic heterocycles. The molecule has 0 spiro atoms. The fourth-order valence-electron chi connectivity index (χ4n) is 2.61. The molecule has 0 saturated heterocycles. The summed E-state index contributed by atoms with van der Waals surface area (Å²) >= 11 is 5.22. The van der Waals surface area contributed by atoms with Gasteiger partial charge in [0, 0.05) is 6.20 Å². The molecule has 1 fully saturated rings. The molecule has 1 aromatic rings. The van der Waals surface area contributed by atoms with Crippen LogP contribution in [0.2, 0.25) is 0 Å². The molecule has 4 N–H and O–H groups in total. The van der Waals surface area contributed by atoms with Gasteiger partial charge in [-0.1, -0.05) is 44.3 Å². The Kier molecular flexibility index (Phi) is 4.52. The van der Waals surface area contributed by atoms with E-state index in [2.05, 4.69) is 15.5 Å². The zero-order valence-corrected chi connectivity index (χ0v) is 11.8. The lowest BCUT2D eigenvalue weighted by molar-refractivity contribution is 0.0913. The first kappa shape index (κ1) is 14.0. The highest BCUT2D eigenvalue weighted by Crippen LogP contribution is 2.27. The van der Waals surface area contributed by atoms with Crippen molar-refractivity contribution in [2.75, 3.05) is 0 Å². The molecular weight excluding hydrogens is 260 g/mol. The molecule has 1 aliphatic rings. The second kappa shape index (κ2) is 6.14. The first-order chi connectivity index (χ1) is 9.14. The second-order valence-electron chi connectivity index (χ2n) is 5.16. The molecule has 2 rings (SSSR count). The zero-order valence-electron chi connectivity index (χ0n) is 10.9. The number of carbonyl (C=O) groups excluding carboxylic acids is 1. The molecule has 0 radical (unpaired) electrons. The van der Waals surface area contributed by atoms with Gasteiger partial charge in [-0.2, -0.15) is 5.10 Å². The van der Waals surface area contributed by atoms with E-state index >= 15 is 0 Å². The largest absolute Gasteiger partial charge is 0.391 e. The van der Waals surface area contributed by atoms with Crippen molar-refractivity contribution in [1.82, 2.24) is 15.5 Å². The average molecular weight is 280 g/mol. The minimum atomic E-state index is -0.538. The van der Waals surface area contributed by atoms with Crippen LogP contribution in [0.4, 0.5) is 0 Å². The van der Waals surface area contributed by atoms with Crippen LogP contribution in [0.25, 0.3) is 0 Å². The summed E-state index contributed by atoms with van der Waals surface area (Å²) in [5.41, 5.74) is 5.89. The number of hydrogen-bond donors (Lipinski definition) is 3. The smallest absolute Gasteiger partial charge is 0.255 e. The summed E-state index contributed by atoms with van der Waals surface area (Å²) in [6, 6.07) is 0. The Hall–Kier alpha value is -1.43. The highest BCUT2D eigenvalue weighted by Gasteiger charge is 2.35. The average Bonchev–Trinajstić information content (AvgIpc) is 2.86. The van der Waals surface area contributed by atoms with Crippen molar-refractivity contribution < 1.29 is 4.79 Å². The van der Waals surface area contributed by atoms with E-state index in [4.69, 9.17) is 18.0 Å². The molecule has 0 unspecified atom stereocenters. The Labute approximate surface area is 118 Å². The van der Waals surface area contributed by atoms with Gasteiger partial charge >= 0.3 is 0 Å². The Bertz CT molecular complexity index is 436. The molecule has 6 heteroatoms. The first-order valence-corrected chi connectivity index (χ1v) is 7.16. The third kappa shape index (κ3) is 3.32. The summed E-state index contributed by atoms with van der Waals surface area (Å²) < 4.78 is 0. The van der Waals surface area contributed by atoms with E-state index in [-0.39, 0.29) is 5.91 Å². The van der Waals surface area contributed by atoms with Crippen molar-refractivity contribution in [3.63, 3.8) is 0 Å². The Morgan fingerprint density at radius 3 is 2.47 bits per heavy atom. The van der Waals surface area contributed by atoms with Gasteiger partial charge in [0.25, 0.3) is 5.91 Å². The van der Waals surface area contributed by atoms with Gasteiger partial charge < -0.3 is 11.1 Å². The molecule has 5 nitrogen and oxygen atoms in total. The number of hydrogen-bond acceptors (Lipinski definition) is 3. The van der Waals surface area contributed by atoms with E-state index in [9.17, 15) is 4.79 Å². The van der Waals surface area contributed by atoms with Crippen LogP contribution in [0.1, 0.15) is 55.3 Å². The molecular formula is C13H20N4OS. The summed E-state index contributed by atoms with van der Waals surface area (Å²) in [6.07, 6.45) is 10.4. The van der Waals surface area contributed by atoms with Gasteiger partial charge in [-0.3, -0.25) is 9.89 Å². The monoisotopic (exact) mass is 280 g/mol. The fraction of sp³-hybridized carbons (Fsp3) is 0.615. The Balaban J connectivity index is 2.13. The number of carbonyl (C=O) groups is 1. The van der Waals surface area contributed by atoms with Gasteiger partial charge in [0.2, 0.25) is 0 Å². The molecule has 1 amide bonds. The lowest BCUT2D eigenvalue weighted by atomic mass is 9.83. The number of nitrogens with zero attached hydrogens (tertiary/aromatic N) is 1. The second-order valence-corrected chi connectivity index (χ2v) is 5.60. The first-order valence-electron chi connectivity index (χ1n) is 6.75. The standard InChI is InChI=1S/C13H20N4OS/c14-12(19)13(6-4-2-1-3-5-7-13)17-11(18)10-8-15-16-9-10/h8-9H,1-7H2,(H2,14,19)(H,15,16)(H,17,18). The summed E-state index contributed by atoms with van der Waals surface area (Å²) in [6.45, 7) is 0. The Morgan fingerprint density at radius 1 is 1.32 bits per heavy atom. The Morgan fingerprint density at radius 2 is 1.95 bits per heavy atom. The van der Waals surface area contributed by atoms with Crippen molar-refractivity contribution in [3.05, 3.63) is 18.0 Å². The summed E-state index contributed by atoms with van der Waals surface area (Å²) in [5.74, 6) is -0.165. The number of aromatic nitrogens is 2. The van der Waals surface area contributed by atoms with Crippen LogP contribution in [0, 0.1) is 0 Å². The minimum absolute atomic E-state index is 0.165. The number of nitrogens with one attached hydrogen (secondary N) is 2. The number of aromatic amines is 1. The van der Waals surface area contributed by atoms with Gasteiger partial charge in [-0.05, 0) is 12.8 Å². The van der Waals surface area contributed by atoms with Crippen LogP contribution in [0.15, 0.2) is 12.4 Å². The van der Waals surface area contributed by atoms with E-state index in [1.165, 1.54) is 25.5 Å². The molecule has 19 heavy (non-hydrogen) atoms. The number of nitrogens with two attached hydrogens (primary N) is 1. The number of thiocarbonyl (C=S) groups is 1. The maximum Gasteiger partial charge on any atom is 0.255 e. The van der Waals surface area contributed by atoms with Crippen molar-refractivity contribution in [3.8, 4) is 0 Å². The normalized spacial score (nSPS) is 19.2. The summed E-state index contributed by atoms with van der Waals surface area (Å²) in [7, 11) is 0. The highest BCUT2D eigenvalue weighted by molar-refractivity contribution is 7.80. The molecule has 1 aliphatic carbocycles. The number of rotatable bonds is 3. The van der Waals surface area contributed by atoms with Crippen molar-refractivity contribution in [2.24, 2.45) is 5.73 Å². The lowest BCUT2D eigenvalue weighted by Crippen LogP contribution is -2.56. The van der Waals surface area contributed by atoms with Crippen LogP contribution >= 0.6 is 12.2 Å². The fourth-order valence-corrected chi connectivity index (χ4v) is 2.86.